The van der Waals surface area contributed by atoms with Crippen molar-refractivity contribution in [3.8, 4) is 28.5 Å². The fourth-order valence-electron chi connectivity index (χ4n) is 2.40. The van der Waals surface area contributed by atoms with Crippen molar-refractivity contribution in [1.82, 2.24) is 4.98 Å². The Labute approximate surface area is 153 Å². The van der Waals surface area contributed by atoms with Crippen LogP contribution in [0, 0.1) is 29.6 Å². The lowest BCUT2D eigenvalue weighted by Gasteiger charge is -2.06. The molecule has 0 aliphatic heterocycles. The third-order valence-corrected chi connectivity index (χ3v) is 4.69. The molecule has 6 nitrogen and oxygen atoms in total. The van der Waals surface area contributed by atoms with Crippen molar-refractivity contribution in [3.05, 3.63) is 58.9 Å². The Morgan fingerprint density at radius 3 is 2.73 bits per heavy atom. The molecule has 0 spiro atoms. The summed E-state index contributed by atoms with van der Waals surface area (Å²) in [5, 5.41) is 29.1. The summed E-state index contributed by atoms with van der Waals surface area (Å²) in [7, 11) is 0. The van der Waals surface area contributed by atoms with Crippen molar-refractivity contribution in [2.75, 3.05) is 0 Å². The number of aliphatic imine (C=N–C) groups is 1. The largest absolute Gasteiger partial charge is 0.507 e. The molecule has 0 radical (unpaired) electrons. The van der Waals surface area contributed by atoms with Gasteiger partial charge in [0.15, 0.2) is 5.70 Å². The van der Waals surface area contributed by atoms with Crippen LogP contribution in [0.3, 0.4) is 0 Å². The summed E-state index contributed by atoms with van der Waals surface area (Å²) in [4.78, 5) is 8.50. The molecule has 3 N–H and O–H groups in total. The van der Waals surface area contributed by atoms with Gasteiger partial charge in [-0.15, -0.1) is 11.3 Å². The Hall–Kier alpha value is -3.68. The Morgan fingerprint density at radius 1 is 1.27 bits per heavy atom. The second-order valence-electron chi connectivity index (χ2n) is 5.48. The van der Waals surface area contributed by atoms with Crippen molar-refractivity contribution in [3.63, 3.8) is 0 Å². The van der Waals surface area contributed by atoms with Crippen LogP contribution >= 0.6 is 11.3 Å². The van der Waals surface area contributed by atoms with Gasteiger partial charge < -0.3 is 10.8 Å². The number of phenols is 1. The third-order valence-electron chi connectivity index (χ3n) is 3.62. The fraction of sp³-hybridized carbons (Fsp3) is 0.0526. The first-order chi connectivity index (χ1) is 12.5. The van der Waals surface area contributed by atoms with Crippen molar-refractivity contribution < 1.29 is 5.11 Å². The van der Waals surface area contributed by atoms with Crippen molar-refractivity contribution in [2.45, 2.75) is 6.92 Å². The highest BCUT2D eigenvalue weighted by Gasteiger charge is 2.14. The molecule has 0 amide bonds. The molecule has 26 heavy (non-hydrogen) atoms. The normalized spacial score (nSPS) is 12.0. The maximum Gasteiger partial charge on any atom is 0.174 e. The van der Waals surface area contributed by atoms with Gasteiger partial charge in [0, 0.05) is 11.8 Å². The molecule has 0 fully saturated rings. The van der Waals surface area contributed by atoms with E-state index in [2.05, 4.69) is 9.98 Å². The number of aromatic hydroxyl groups is 1. The van der Waals surface area contributed by atoms with Gasteiger partial charge >= 0.3 is 0 Å². The number of fused-ring (bicyclic) bond motifs is 1. The predicted octanol–water partition coefficient (Wildman–Crippen LogP) is 3.61. The Balaban J connectivity index is 2.10. The average molecular weight is 359 g/mol. The number of thiazole rings is 1. The van der Waals surface area contributed by atoms with Gasteiger partial charge in [0.1, 0.15) is 28.6 Å². The molecule has 0 atom stereocenters. The van der Waals surface area contributed by atoms with E-state index in [0.29, 0.717) is 16.1 Å². The molecule has 126 valence electrons. The SMILES string of the molecule is Cc1cc(C=N/C(C#N)=C(\N)C#N)c(O)c(-c2nc3ccccc3s2)c1. The lowest BCUT2D eigenvalue weighted by atomic mass is 10.1. The summed E-state index contributed by atoms with van der Waals surface area (Å²) in [6.45, 7) is 1.89. The van der Waals surface area contributed by atoms with Gasteiger partial charge in [-0.3, -0.25) is 0 Å². The van der Waals surface area contributed by atoms with Crippen LogP contribution in [0.25, 0.3) is 20.8 Å². The van der Waals surface area contributed by atoms with E-state index >= 15 is 0 Å². The number of nitriles is 2. The minimum atomic E-state index is -0.276. The number of nitrogens with zero attached hydrogens (tertiary/aromatic N) is 4. The standard InChI is InChI=1S/C19H13N5OS/c1-11-6-12(10-23-16(9-21)14(22)8-20)18(25)13(7-11)19-24-15-4-2-3-5-17(15)26-19/h2-7,10,25H,22H2,1H3/b16-14-,23-10?. The first-order valence-electron chi connectivity index (χ1n) is 7.57. The molecular weight excluding hydrogens is 346 g/mol. The molecule has 0 unspecified atom stereocenters. The zero-order valence-corrected chi connectivity index (χ0v) is 14.6. The molecule has 0 bridgehead atoms. The quantitative estimate of drug-likeness (QED) is 0.547. The number of hydrogen-bond acceptors (Lipinski definition) is 7. The van der Waals surface area contributed by atoms with E-state index < -0.39 is 0 Å². The number of nitrogens with two attached hydrogens (primary N) is 1. The minimum absolute atomic E-state index is 0.00576. The average Bonchev–Trinajstić information content (AvgIpc) is 3.08. The van der Waals surface area contributed by atoms with Crippen molar-refractivity contribution >= 4 is 27.8 Å². The molecule has 0 saturated heterocycles. The first kappa shape index (κ1) is 17.2. The highest BCUT2D eigenvalue weighted by atomic mass is 32.1. The Kier molecular flexibility index (Phi) is 4.66. The molecule has 0 aliphatic rings. The molecular formula is C19H13N5OS. The van der Waals surface area contributed by atoms with Crippen LogP contribution in [0.5, 0.6) is 5.75 Å². The van der Waals surface area contributed by atoms with Gasteiger partial charge in [0.05, 0.1) is 15.8 Å². The molecule has 7 heteroatoms. The number of allylic oxidation sites excluding steroid dienone is 2. The van der Waals surface area contributed by atoms with Crippen molar-refractivity contribution in [1.29, 1.82) is 10.5 Å². The van der Waals surface area contributed by atoms with Gasteiger partial charge in [0.2, 0.25) is 0 Å². The van der Waals surface area contributed by atoms with Gasteiger partial charge in [-0.05, 0) is 36.8 Å². The van der Waals surface area contributed by atoms with E-state index in [1.165, 1.54) is 17.6 Å². The van der Waals surface area contributed by atoms with Gasteiger partial charge in [0.25, 0.3) is 0 Å². The van der Waals surface area contributed by atoms with Crippen LogP contribution in [0.1, 0.15) is 11.1 Å². The number of phenolic OH excluding ortho intramolecular Hbond substituents is 1. The van der Waals surface area contributed by atoms with E-state index in [4.69, 9.17) is 16.3 Å². The zero-order chi connectivity index (χ0) is 18.7. The number of aryl methyl sites for hydroxylation is 1. The number of benzene rings is 2. The van der Waals surface area contributed by atoms with Crippen LogP contribution in [0.4, 0.5) is 0 Å². The zero-order valence-electron chi connectivity index (χ0n) is 13.8. The molecule has 0 aliphatic carbocycles. The van der Waals surface area contributed by atoms with Crippen LogP contribution in [0.2, 0.25) is 0 Å². The van der Waals surface area contributed by atoms with E-state index in [1.807, 2.05) is 37.3 Å². The fourth-order valence-corrected chi connectivity index (χ4v) is 3.38. The number of para-hydroxylation sites is 1. The maximum atomic E-state index is 10.7. The van der Waals surface area contributed by atoms with Crippen molar-refractivity contribution in [2.24, 2.45) is 10.7 Å². The monoisotopic (exact) mass is 359 g/mol. The smallest absolute Gasteiger partial charge is 0.174 e. The Bertz CT molecular complexity index is 1110. The molecule has 2 aromatic carbocycles. The van der Waals surface area contributed by atoms with E-state index in [1.54, 1.807) is 18.2 Å². The van der Waals surface area contributed by atoms with Crippen LogP contribution in [-0.2, 0) is 0 Å². The van der Waals surface area contributed by atoms with Crippen LogP contribution in [-0.4, -0.2) is 16.3 Å². The summed E-state index contributed by atoms with van der Waals surface area (Å²) in [5.41, 5.74) is 7.72. The van der Waals surface area contributed by atoms with E-state index in [9.17, 15) is 5.11 Å². The van der Waals surface area contributed by atoms with Crippen LogP contribution < -0.4 is 5.73 Å². The predicted molar refractivity (Wildman–Crippen MR) is 101 cm³/mol. The van der Waals surface area contributed by atoms with Gasteiger partial charge in [-0.25, -0.2) is 9.98 Å². The summed E-state index contributed by atoms with van der Waals surface area (Å²) in [6, 6.07) is 14.8. The highest BCUT2D eigenvalue weighted by molar-refractivity contribution is 7.21. The second kappa shape index (κ2) is 7.06. The molecule has 0 saturated carbocycles. The lowest BCUT2D eigenvalue weighted by Crippen LogP contribution is -1.98. The van der Waals surface area contributed by atoms with E-state index in [-0.39, 0.29) is 17.1 Å². The topological polar surface area (TPSA) is 119 Å². The third kappa shape index (κ3) is 3.25. The van der Waals surface area contributed by atoms with E-state index in [0.717, 1.165) is 15.8 Å². The number of hydrogen-bond donors (Lipinski definition) is 2. The first-order valence-corrected chi connectivity index (χ1v) is 8.38. The summed E-state index contributed by atoms with van der Waals surface area (Å²) in [5.74, 6) is 0.00576. The maximum absolute atomic E-state index is 10.7. The van der Waals surface area contributed by atoms with Crippen LogP contribution in [0.15, 0.2) is 52.8 Å². The van der Waals surface area contributed by atoms with Gasteiger partial charge in [-0.1, -0.05) is 12.1 Å². The minimum Gasteiger partial charge on any atom is -0.507 e. The lowest BCUT2D eigenvalue weighted by molar-refractivity contribution is 0.476. The molecule has 1 aromatic heterocycles. The summed E-state index contributed by atoms with van der Waals surface area (Å²) in [6.07, 6.45) is 1.32. The molecule has 3 aromatic rings. The summed E-state index contributed by atoms with van der Waals surface area (Å²) >= 11 is 1.48. The van der Waals surface area contributed by atoms with Gasteiger partial charge in [-0.2, -0.15) is 10.5 Å². The Morgan fingerprint density at radius 2 is 2.04 bits per heavy atom. The number of aromatic nitrogens is 1. The highest BCUT2D eigenvalue weighted by Crippen LogP contribution is 2.37. The molecule has 3 rings (SSSR count). The summed E-state index contributed by atoms with van der Waals surface area (Å²) < 4.78 is 1.02. The second-order valence-corrected chi connectivity index (χ2v) is 6.51. The molecule has 1 heterocycles. The number of rotatable bonds is 3.